The van der Waals surface area contributed by atoms with Crippen LogP contribution in [-0.4, -0.2) is 9.97 Å². The number of nitrogens with zero attached hydrogens (tertiary/aromatic N) is 2. The molecule has 0 amide bonds. The third kappa shape index (κ3) is 4.10. The second-order valence-electron chi connectivity index (χ2n) is 5.28. The summed E-state index contributed by atoms with van der Waals surface area (Å²) in [7, 11) is 0. The molecule has 10 heteroatoms. The van der Waals surface area contributed by atoms with Crippen molar-refractivity contribution in [1.29, 1.82) is 0 Å². The maximum absolute atomic E-state index is 13.7. The van der Waals surface area contributed by atoms with Gasteiger partial charge >= 0.3 is 6.18 Å². The smallest absolute Gasteiger partial charge is 0.340 e. The third-order valence-electron chi connectivity index (χ3n) is 3.43. The number of rotatable bonds is 4. The summed E-state index contributed by atoms with van der Waals surface area (Å²) >= 11 is 0. The molecule has 2 N–H and O–H groups in total. The van der Waals surface area contributed by atoms with E-state index in [0.717, 1.165) is 12.1 Å². The summed E-state index contributed by atoms with van der Waals surface area (Å²) in [5.74, 6) is -4.76. The van der Waals surface area contributed by atoms with Crippen molar-refractivity contribution in [1.82, 2.24) is 9.97 Å². The third-order valence-corrected chi connectivity index (χ3v) is 3.43. The van der Waals surface area contributed by atoms with E-state index >= 15 is 0 Å². The molecule has 0 aliphatic rings. The van der Waals surface area contributed by atoms with Crippen molar-refractivity contribution in [2.45, 2.75) is 6.18 Å². The Bertz CT molecular complexity index is 974. The average Bonchev–Trinajstić information content (AvgIpc) is 2.62. The lowest BCUT2D eigenvalue weighted by Crippen LogP contribution is -2.09. The fourth-order valence-electron chi connectivity index (χ4n) is 2.21. The number of alkyl halides is 3. The number of nitrogens with one attached hydrogen (secondary N) is 2. The highest BCUT2D eigenvalue weighted by molar-refractivity contribution is 5.63. The molecule has 1 heterocycles. The number of hydrogen-bond acceptors (Lipinski definition) is 4. The zero-order valence-electron chi connectivity index (χ0n) is 13.3. The van der Waals surface area contributed by atoms with Gasteiger partial charge in [-0.25, -0.2) is 18.2 Å². The first-order valence-corrected chi connectivity index (χ1v) is 7.42. The average molecular weight is 384 g/mol. The van der Waals surface area contributed by atoms with Gasteiger partial charge in [0.05, 0.1) is 16.9 Å². The van der Waals surface area contributed by atoms with E-state index in [1.807, 2.05) is 0 Å². The molecule has 27 heavy (non-hydrogen) atoms. The van der Waals surface area contributed by atoms with Crippen LogP contribution < -0.4 is 10.6 Å². The quantitative estimate of drug-likeness (QED) is 0.467. The van der Waals surface area contributed by atoms with Crippen molar-refractivity contribution >= 4 is 23.1 Å². The minimum absolute atomic E-state index is 0.0211. The van der Waals surface area contributed by atoms with E-state index in [-0.39, 0.29) is 17.5 Å². The van der Waals surface area contributed by atoms with Crippen molar-refractivity contribution in [2.75, 3.05) is 10.6 Å². The Hall–Kier alpha value is -3.30. The first-order valence-electron chi connectivity index (χ1n) is 7.42. The van der Waals surface area contributed by atoms with Crippen molar-refractivity contribution in [3.05, 3.63) is 71.7 Å². The molecule has 3 rings (SSSR count). The van der Waals surface area contributed by atoms with Gasteiger partial charge in [-0.05, 0) is 30.3 Å². The van der Waals surface area contributed by atoms with Crippen LogP contribution in [0.1, 0.15) is 5.56 Å². The SMILES string of the molecule is Fc1ccc(Nc2nccc(Nc3ccccc3C(F)(F)F)n2)c(F)c1F. The molecule has 0 spiro atoms. The van der Waals surface area contributed by atoms with Gasteiger partial charge in [-0.1, -0.05) is 12.1 Å². The summed E-state index contributed by atoms with van der Waals surface area (Å²) in [6, 6.07) is 7.71. The zero-order chi connectivity index (χ0) is 19.6. The van der Waals surface area contributed by atoms with E-state index in [0.29, 0.717) is 6.07 Å². The van der Waals surface area contributed by atoms with Gasteiger partial charge in [0.1, 0.15) is 5.82 Å². The van der Waals surface area contributed by atoms with Crippen molar-refractivity contribution in [3.63, 3.8) is 0 Å². The van der Waals surface area contributed by atoms with Crippen LogP contribution in [0.5, 0.6) is 0 Å². The van der Waals surface area contributed by atoms with Crippen molar-refractivity contribution in [2.24, 2.45) is 0 Å². The monoisotopic (exact) mass is 384 g/mol. The fourth-order valence-corrected chi connectivity index (χ4v) is 2.21. The Morgan fingerprint density at radius 2 is 1.52 bits per heavy atom. The van der Waals surface area contributed by atoms with Crippen molar-refractivity contribution in [3.8, 4) is 0 Å². The van der Waals surface area contributed by atoms with Crippen LogP contribution in [0.25, 0.3) is 0 Å². The summed E-state index contributed by atoms with van der Waals surface area (Å²) in [4.78, 5) is 7.67. The minimum atomic E-state index is -4.58. The lowest BCUT2D eigenvalue weighted by atomic mass is 10.1. The van der Waals surface area contributed by atoms with Gasteiger partial charge in [-0.15, -0.1) is 0 Å². The second-order valence-corrected chi connectivity index (χ2v) is 5.28. The summed E-state index contributed by atoms with van der Waals surface area (Å²) in [5, 5.41) is 4.85. The molecule has 4 nitrogen and oxygen atoms in total. The van der Waals surface area contributed by atoms with Gasteiger partial charge in [-0.2, -0.15) is 18.2 Å². The van der Waals surface area contributed by atoms with Gasteiger partial charge in [-0.3, -0.25) is 0 Å². The maximum atomic E-state index is 13.7. The Balaban J connectivity index is 1.87. The fraction of sp³-hybridized carbons (Fsp3) is 0.0588. The van der Waals surface area contributed by atoms with Crippen LogP contribution in [-0.2, 0) is 6.18 Å². The minimum Gasteiger partial charge on any atom is -0.340 e. The molecule has 0 bridgehead atoms. The van der Waals surface area contributed by atoms with Gasteiger partial charge in [0.15, 0.2) is 17.5 Å². The molecule has 2 aromatic carbocycles. The van der Waals surface area contributed by atoms with E-state index in [4.69, 9.17) is 0 Å². The molecule has 0 aliphatic carbocycles. The summed E-state index contributed by atoms with van der Waals surface area (Å²) in [5.41, 5.74) is -1.57. The Morgan fingerprint density at radius 3 is 2.26 bits per heavy atom. The van der Waals surface area contributed by atoms with E-state index in [2.05, 4.69) is 20.6 Å². The predicted molar refractivity (Wildman–Crippen MR) is 86.4 cm³/mol. The topological polar surface area (TPSA) is 49.8 Å². The van der Waals surface area contributed by atoms with Gasteiger partial charge < -0.3 is 10.6 Å². The van der Waals surface area contributed by atoms with Crippen LogP contribution in [0.4, 0.5) is 49.5 Å². The number of para-hydroxylation sites is 1. The molecule has 1 aromatic heterocycles. The van der Waals surface area contributed by atoms with E-state index in [9.17, 15) is 26.3 Å². The standard InChI is InChI=1S/C17H10F6N4/c18-10-5-6-12(15(20)14(10)19)26-16-24-8-7-13(27-16)25-11-4-2-1-3-9(11)17(21,22)23/h1-8H,(H2,24,25,26,27). The molecule has 0 fully saturated rings. The molecule has 0 atom stereocenters. The Morgan fingerprint density at radius 1 is 0.778 bits per heavy atom. The van der Waals surface area contributed by atoms with Crippen LogP contribution in [0.15, 0.2) is 48.7 Å². The summed E-state index contributed by atoms with van der Waals surface area (Å²) in [6.07, 6.45) is -3.38. The molecule has 140 valence electrons. The normalized spacial score (nSPS) is 11.3. The molecule has 3 aromatic rings. The lowest BCUT2D eigenvalue weighted by molar-refractivity contribution is -0.136. The number of halogens is 6. The highest BCUT2D eigenvalue weighted by atomic mass is 19.4. The van der Waals surface area contributed by atoms with E-state index in [1.54, 1.807) is 0 Å². The Labute approximate surface area is 148 Å². The van der Waals surface area contributed by atoms with E-state index in [1.165, 1.54) is 30.5 Å². The van der Waals surface area contributed by atoms with Crippen LogP contribution in [0.2, 0.25) is 0 Å². The predicted octanol–water partition coefficient (Wildman–Crippen LogP) is 5.40. The highest BCUT2D eigenvalue weighted by Gasteiger charge is 2.33. The zero-order valence-corrected chi connectivity index (χ0v) is 13.3. The first kappa shape index (κ1) is 18.5. The second kappa shape index (κ2) is 7.14. The molecular formula is C17H10F6N4. The van der Waals surface area contributed by atoms with Gasteiger partial charge in [0.25, 0.3) is 0 Å². The number of aromatic nitrogens is 2. The van der Waals surface area contributed by atoms with Crippen LogP contribution in [0, 0.1) is 17.5 Å². The van der Waals surface area contributed by atoms with Gasteiger partial charge in [0, 0.05) is 6.20 Å². The van der Waals surface area contributed by atoms with Crippen LogP contribution >= 0.6 is 0 Å². The summed E-state index contributed by atoms with van der Waals surface area (Å²) < 4.78 is 79.1. The number of hydrogen-bond donors (Lipinski definition) is 2. The molecular weight excluding hydrogens is 374 g/mol. The number of anilines is 4. The van der Waals surface area contributed by atoms with Crippen molar-refractivity contribution < 1.29 is 26.3 Å². The number of benzene rings is 2. The molecule has 0 radical (unpaired) electrons. The molecule has 0 unspecified atom stereocenters. The molecule has 0 aliphatic heterocycles. The first-order chi connectivity index (χ1) is 12.8. The Kier molecular flexibility index (Phi) is 4.89. The summed E-state index contributed by atoms with van der Waals surface area (Å²) in [6.45, 7) is 0. The maximum Gasteiger partial charge on any atom is 0.418 e. The van der Waals surface area contributed by atoms with E-state index < -0.39 is 34.9 Å². The highest BCUT2D eigenvalue weighted by Crippen LogP contribution is 2.35. The largest absolute Gasteiger partial charge is 0.418 e. The van der Waals surface area contributed by atoms with Gasteiger partial charge in [0.2, 0.25) is 5.95 Å². The van der Waals surface area contributed by atoms with Crippen LogP contribution in [0.3, 0.4) is 0 Å². The molecule has 0 saturated carbocycles. The molecule has 0 saturated heterocycles. The lowest BCUT2D eigenvalue weighted by Gasteiger charge is -2.14.